The number of aromatic nitrogens is 2. The number of pyridine rings is 2. The van der Waals surface area contributed by atoms with Crippen LogP contribution in [-0.2, 0) is 4.79 Å². The van der Waals surface area contributed by atoms with Crippen molar-refractivity contribution in [1.82, 2.24) is 9.97 Å². The average Bonchev–Trinajstić information content (AvgIpc) is 2.93. The summed E-state index contributed by atoms with van der Waals surface area (Å²) >= 11 is 0. The van der Waals surface area contributed by atoms with E-state index in [1.165, 1.54) is 0 Å². The monoisotopic (exact) mass is 308 g/mol. The fraction of sp³-hybridized carbons (Fsp3) is 0.389. The van der Waals surface area contributed by atoms with Crippen LogP contribution < -0.4 is 9.80 Å². The average molecular weight is 308 g/mol. The highest BCUT2D eigenvalue weighted by atomic mass is 16.2. The van der Waals surface area contributed by atoms with E-state index in [4.69, 9.17) is 0 Å². The largest absolute Gasteiger partial charge is 0.356 e. The van der Waals surface area contributed by atoms with Gasteiger partial charge in [0.1, 0.15) is 5.82 Å². The Morgan fingerprint density at radius 2 is 2.00 bits per heavy atom. The van der Waals surface area contributed by atoms with Gasteiger partial charge in [0.15, 0.2) is 0 Å². The highest BCUT2D eigenvalue weighted by Gasteiger charge is 2.49. The number of carbonyl (C=O) groups excluding carboxylic acids is 1. The molecular weight excluding hydrogens is 288 g/mol. The first-order chi connectivity index (χ1) is 11.3. The van der Waals surface area contributed by atoms with Crippen molar-refractivity contribution in [3.8, 4) is 0 Å². The summed E-state index contributed by atoms with van der Waals surface area (Å²) in [7, 11) is 0. The number of anilines is 2. The van der Waals surface area contributed by atoms with Crippen LogP contribution in [0, 0.1) is 5.41 Å². The van der Waals surface area contributed by atoms with Crippen LogP contribution in [0.25, 0.3) is 0 Å². The molecule has 0 radical (unpaired) electrons. The third-order valence-corrected chi connectivity index (χ3v) is 5.02. The molecule has 5 heteroatoms. The van der Waals surface area contributed by atoms with E-state index in [1.54, 1.807) is 12.4 Å². The first-order valence-corrected chi connectivity index (χ1v) is 8.17. The number of rotatable bonds is 2. The molecule has 1 spiro atoms. The Kier molecular flexibility index (Phi) is 3.48. The molecular formula is C18H20N4O. The van der Waals surface area contributed by atoms with Crippen LogP contribution in [-0.4, -0.2) is 35.5 Å². The van der Waals surface area contributed by atoms with Crippen LogP contribution >= 0.6 is 0 Å². The first-order valence-electron chi connectivity index (χ1n) is 8.17. The van der Waals surface area contributed by atoms with E-state index in [0.717, 1.165) is 50.4 Å². The van der Waals surface area contributed by atoms with Gasteiger partial charge >= 0.3 is 0 Å². The molecule has 2 fully saturated rings. The maximum atomic E-state index is 13.1. The third kappa shape index (κ3) is 2.46. The minimum atomic E-state index is -0.272. The van der Waals surface area contributed by atoms with E-state index in [2.05, 4.69) is 14.9 Å². The van der Waals surface area contributed by atoms with E-state index >= 15 is 0 Å². The second-order valence-electron chi connectivity index (χ2n) is 6.41. The summed E-state index contributed by atoms with van der Waals surface area (Å²) in [6.07, 6.45) is 8.23. The summed E-state index contributed by atoms with van der Waals surface area (Å²) in [5, 5.41) is 0. The molecule has 0 aliphatic carbocycles. The van der Waals surface area contributed by atoms with Gasteiger partial charge in [-0.25, -0.2) is 4.98 Å². The molecule has 2 aromatic rings. The smallest absolute Gasteiger partial charge is 0.235 e. The molecule has 2 aromatic heterocycles. The fourth-order valence-electron chi connectivity index (χ4n) is 3.83. The van der Waals surface area contributed by atoms with Gasteiger partial charge in [-0.1, -0.05) is 6.07 Å². The maximum absolute atomic E-state index is 13.1. The minimum Gasteiger partial charge on any atom is -0.356 e. The summed E-state index contributed by atoms with van der Waals surface area (Å²) in [5.74, 6) is 1.21. The van der Waals surface area contributed by atoms with Crippen molar-refractivity contribution in [1.29, 1.82) is 0 Å². The van der Waals surface area contributed by atoms with Gasteiger partial charge in [-0.3, -0.25) is 9.78 Å². The number of hydrogen-bond acceptors (Lipinski definition) is 4. The molecule has 0 N–H and O–H groups in total. The number of hydrogen-bond donors (Lipinski definition) is 0. The van der Waals surface area contributed by atoms with Gasteiger partial charge in [0.25, 0.3) is 0 Å². The molecule has 23 heavy (non-hydrogen) atoms. The molecule has 4 heterocycles. The highest BCUT2D eigenvalue weighted by Crippen LogP contribution is 2.42. The molecule has 2 aliphatic rings. The Labute approximate surface area is 136 Å². The Morgan fingerprint density at radius 3 is 2.78 bits per heavy atom. The molecule has 5 nitrogen and oxygen atoms in total. The lowest BCUT2D eigenvalue weighted by molar-refractivity contribution is -0.126. The van der Waals surface area contributed by atoms with Crippen LogP contribution in [0.5, 0.6) is 0 Å². The van der Waals surface area contributed by atoms with Gasteiger partial charge in [0.05, 0.1) is 17.3 Å². The predicted octanol–water partition coefficient (Wildman–Crippen LogP) is 2.50. The molecule has 1 atom stereocenters. The predicted molar refractivity (Wildman–Crippen MR) is 89.3 cm³/mol. The van der Waals surface area contributed by atoms with Crippen molar-refractivity contribution in [3.63, 3.8) is 0 Å². The molecule has 0 saturated carbocycles. The van der Waals surface area contributed by atoms with E-state index in [9.17, 15) is 4.79 Å². The molecule has 118 valence electrons. The van der Waals surface area contributed by atoms with Crippen molar-refractivity contribution in [3.05, 3.63) is 48.9 Å². The first kappa shape index (κ1) is 14.2. The van der Waals surface area contributed by atoms with E-state index in [0.29, 0.717) is 0 Å². The summed E-state index contributed by atoms with van der Waals surface area (Å²) in [6, 6.07) is 9.80. The Hall–Kier alpha value is -2.43. The van der Waals surface area contributed by atoms with E-state index in [-0.39, 0.29) is 11.3 Å². The zero-order valence-corrected chi connectivity index (χ0v) is 13.1. The summed E-state index contributed by atoms with van der Waals surface area (Å²) in [5.41, 5.74) is 0.635. The molecule has 4 rings (SSSR count). The van der Waals surface area contributed by atoms with Crippen molar-refractivity contribution >= 4 is 17.4 Å². The van der Waals surface area contributed by atoms with Crippen molar-refractivity contribution < 1.29 is 4.79 Å². The van der Waals surface area contributed by atoms with Gasteiger partial charge in [-0.15, -0.1) is 0 Å². The van der Waals surface area contributed by atoms with Crippen LogP contribution in [0.3, 0.4) is 0 Å². The van der Waals surface area contributed by atoms with Gasteiger partial charge in [-0.2, -0.15) is 0 Å². The van der Waals surface area contributed by atoms with Crippen molar-refractivity contribution in [2.75, 3.05) is 29.4 Å². The van der Waals surface area contributed by atoms with Crippen LogP contribution in [0.2, 0.25) is 0 Å². The zero-order valence-electron chi connectivity index (χ0n) is 13.1. The summed E-state index contributed by atoms with van der Waals surface area (Å²) in [6.45, 7) is 2.51. The number of carbonyl (C=O) groups is 1. The maximum Gasteiger partial charge on any atom is 0.235 e. The molecule has 2 aliphatic heterocycles. The molecule has 2 saturated heterocycles. The van der Waals surface area contributed by atoms with Gasteiger partial charge in [0.2, 0.25) is 5.91 Å². The Morgan fingerprint density at radius 1 is 1.04 bits per heavy atom. The standard InChI is InChI=1S/C18H20N4O/c23-17-18(8-12-22(17)15-5-3-9-19-13-15)7-4-11-21(14-18)16-6-1-2-10-20-16/h1-3,5-6,9-10,13H,4,7-8,11-12,14H2/t18-/m0/s1. The number of amides is 1. The van der Waals surface area contributed by atoms with Gasteiger partial charge in [0, 0.05) is 32.0 Å². The topological polar surface area (TPSA) is 49.3 Å². The second kappa shape index (κ2) is 5.65. The second-order valence-corrected chi connectivity index (χ2v) is 6.41. The van der Waals surface area contributed by atoms with Crippen LogP contribution in [0.15, 0.2) is 48.9 Å². The van der Waals surface area contributed by atoms with Crippen LogP contribution in [0.1, 0.15) is 19.3 Å². The summed E-state index contributed by atoms with van der Waals surface area (Å²) in [4.78, 5) is 25.9. The molecule has 0 bridgehead atoms. The lowest BCUT2D eigenvalue weighted by Crippen LogP contribution is -2.48. The Balaban J connectivity index is 1.58. The minimum absolute atomic E-state index is 0.242. The molecule has 1 amide bonds. The molecule has 0 aromatic carbocycles. The quantitative estimate of drug-likeness (QED) is 0.855. The lowest BCUT2D eigenvalue weighted by atomic mass is 9.78. The SMILES string of the molecule is O=C1N(c2cccnc2)CC[C@]12CCCN(c1ccccn1)C2. The zero-order chi connectivity index (χ0) is 15.7. The van der Waals surface area contributed by atoms with Crippen molar-refractivity contribution in [2.45, 2.75) is 19.3 Å². The van der Waals surface area contributed by atoms with E-state index < -0.39 is 0 Å². The van der Waals surface area contributed by atoms with Gasteiger partial charge < -0.3 is 9.80 Å². The summed E-state index contributed by atoms with van der Waals surface area (Å²) < 4.78 is 0. The highest BCUT2D eigenvalue weighted by molar-refractivity contribution is 6.00. The fourth-order valence-corrected chi connectivity index (χ4v) is 3.83. The van der Waals surface area contributed by atoms with E-state index in [1.807, 2.05) is 41.4 Å². The lowest BCUT2D eigenvalue weighted by Gasteiger charge is -2.39. The van der Waals surface area contributed by atoms with Crippen LogP contribution in [0.4, 0.5) is 11.5 Å². The number of piperidine rings is 1. The normalized spacial score (nSPS) is 24.4. The third-order valence-electron chi connectivity index (χ3n) is 5.02. The number of nitrogens with zero attached hydrogens (tertiary/aromatic N) is 4. The Bertz CT molecular complexity index is 691. The van der Waals surface area contributed by atoms with Crippen molar-refractivity contribution in [2.24, 2.45) is 5.41 Å². The molecule has 0 unspecified atom stereocenters. The van der Waals surface area contributed by atoms with Gasteiger partial charge in [-0.05, 0) is 43.5 Å².